The standard InChI is InChI=1S/C18H19N3O2/c1-10-11(2)21-9-8-13-15(18(21)19-10)20-14(17(23)16(13)22)12-6-4-3-5-7-12/h3-9,14,16-17,20,22-23H,1-2H3/t14-,16-,17-/m0/s1. The largest absolute Gasteiger partial charge is 0.388 e. The molecule has 0 spiro atoms. The van der Waals surface area contributed by atoms with Crippen LogP contribution in [0.4, 0.5) is 5.69 Å². The number of hydrogen-bond donors (Lipinski definition) is 3. The molecule has 1 aromatic carbocycles. The number of rotatable bonds is 1. The summed E-state index contributed by atoms with van der Waals surface area (Å²) in [6, 6.07) is 11.1. The van der Waals surface area contributed by atoms with Crippen molar-refractivity contribution in [2.75, 3.05) is 5.32 Å². The van der Waals surface area contributed by atoms with Gasteiger partial charge in [-0.15, -0.1) is 0 Å². The fourth-order valence-electron chi connectivity index (χ4n) is 3.30. The number of hydrogen-bond acceptors (Lipinski definition) is 4. The first-order valence-electron chi connectivity index (χ1n) is 7.73. The van der Waals surface area contributed by atoms with Crippen molar-refractivity contribution in [1.82, 2.24) is 9.38 Å². The van der Waals surface area contributed by atoms with Crippen molar-refractivity contribution in [2.45, 2.75) is 32.1 Å². The summed E-state index contributed by atoms with van der Waals surface area (Å²) in [6.45, 7) is 3.99. The lowest BCUT2D eigenvalue weighted by atomic mass is 9.89. The molecule has 0 radical (unpaired) electrons. The van der Waals surface area contributed by atoms with Crippen LogP contribution in [0.25, 0.3) is 5.65 Å². The molecule has 23 heavy (non-hydrogen) atoms. The Morgan fingerprint density at radius 2 is 1.83 bits per heavy atom. The van der Waals surface area contributed by atoms with Gasteiger partial charge in [-0.05, 0) is 25.5 Å². The Labute approximate surface area is 134 Å². The van der Waals surface area contributed by atoms with Gasteiger partial charge in [0.1, 0.15) is 12.2 Å². The Morgan fingerprint density at radius 3 is 2.57 bits per heavy atom. The third-order valence-corrected chi connectivity index (χ3v) is 4.74. The number of aromatic nitrogens is 2. The highest BCUT2D eigenvalue weighted by Gasteiger charge is 2.36. The molecule has 0 bridgehead atoms. The molecule has 3 aromatic rings. The number of benzene rings is 1. The Morgan fingerprint density at radius 1 is 1.09 bits per heavy atom. The van der Waals surface area contributed by atoms with Gasteiger partial charge in [-0.2, -0.15) is 0 Å². The molecule has 0 saturated carbocycles. The van der Waals surface area contributed by atoms with Crippen LogP contribution in [0.1, 0.15) is 34.7 Å². The van der Waals surface area contributed by atoms with Crippen LogP contribution in [0.2, 0.25) is 0 Å². The minimum Gasteiger partial charge on any atom is -0.388 e. The molecule has 4 rings (SSSR count). The van der Waals surface area contributed by atoms with E-state index in [0.717, 1.165) is 28.3 Å². The summed E-state index contributed by atoms with van der Waals surface area (Å²) in [5, 5.41) is 24.5. The van der Waals surface area contributed by atoms with E-state index in [9.17, 15) is 10.2 Å². The molecule has 1 aliphatic rings. The van der Waals surface area contributed by atoms with E-state index in [-0.39, 0.29) is 6.04 Å². The van der Waals surface area contributed by atoms with Crippen molar-refractivity contribution < 1.29 is 10.2 Å². The zero-order valence-corrected chi connectivity index (χ0v) is 13.1. The molecule has 5 heteroatoms. The molecule has 118 valence electrons. The summed E-state index contributed by atoms with van der Waals surface area (Å²) >= 11 is 0. The average molecular weight is 309 g/mol. The third-order valence-electron chi connectivity index (χ3n) is 4.74. The highest BCUT2D eigenvalue weighted by molar-refractivity contribution is 5.75. The highest BCUT2D eigenvalue weighted by Crippen LogP contribution is 2.41. The highest BCUT2D eigenvalue weighted by atomic mass is 16.3. The zero-order valence-electron chi connectivity index (χ0n) is 13.1. The molecule has 0 unspecified atom stereocenters. The van der Waals surface area contributed by atoms with Gasteiger partial charge in [-0.3, -0.25) is 0 Å². The molecule has 1 aliphatic heterocycles. The fourth-order valence-corrected chi connectivity index (χ4v) is 3.30. The summed E-state index contributed by atoms with van der Waals surface area (Å²) in [5.41, 5.74) is 5.21. The van der Waals surface area contributed by atoms with E-state index < -0.39 is 12.2 Å². The summed E-state index contributed by atoms with van der Waals surface area (Å²) in [7, 11) is 0. The lowest BCUT2D eigenvalue weighted by Gasteiger charge is -2.35. The van der Waals surface area contributed by atoms with E-state index >= 15 is 0 Å². The van der Waals surface area contributed by atoms with E-state index in [0.29, 0.717) is 5.56 Å². The molecule has 3 N–H and O–H groups in total. The van der Waals surface area contributed by atoms with Gasteiger partial charge in [0.15, 0.2) is 5.65 Å². The van der Waals surface area contributed by atoms with Crippen LogP contribution in [0.15, 0.2) is 42.6 Å². The number of nitrogens with one attached hydrogen (secondary N) is 1. The number of anilines is 1. The lowest BCUT2D eigenvalue weighted by Crippen LogP contribution is -2.36. The minimum absolute atomic E-state index is 0.373. The quantitative estimate of drug-likeness (QED) is 0.646. The number of aliphatic hydroxyl groups excluding tert-OH is 2. The predicted octanol–water partition coefficient (Wildman–Crippen LogP) is 2.51. The predicted molar refractivity (Wildman–Crippen MR) is 88.4 cm³/mol. The van der Waals surface area contributed by atoms with Crippen LogP contribution in [-0.4, -0.2) is 25.7 Å². The Hall–Kier alpha value is -2.37. The smallest absolute Gasteiger partial charge is 0.161 e. The van der Waals surface area contributed by atoms with Gasteiger partial charge in [0.25, 0.3) is 0 Å². The summed E-state index contributed by atoms with van der Waals surface area (Å²) in [4.78, 5) is 4.62. The maximum atomic E-state index is 10.6. The molecule has 0 fully saturated rings. The maximum absolute atomic E-state index is 10.6. The SMILES string of the molecule is Cc1nc2c3c(ccn2c1C)[C@H](O)[C@@H](O)[C@H](c1ccccc1)N3. The number of fused-ring (bicyclic) bond motifs is 3. The number of pyridine rings is 1. The van der Waals surface area contributed by atoms with Gasteiger partial charge in [0, 0.05) is 17.5 Å². The van der Waals surface area contributed by atoms with Gasteiger partial charge in [0.2, 0.25) is 0 Å². The zero-order chi connectivity index (χ0) is 16.1. The molecule has 0 amide bonds. The first-order valence-corrected chi connectivity index (χ1v) is 7.73. The minimum atomic E-state index is -0.946. The van der Waals surface area contributed by atoms with Crippen molar-refractivity contribution in [3.63, 3.8) is 0 Å². The molecule has 3 atom stereocenters. The molecular weight excluding hydrogens is 290 g/mol. The Bertz CT molecular complexity index is 873. The lowest BCUT2D eigenvalue weighted by molar-refractivity contribution is 0.00198. The second kappa shape index (κ2) is 5.08. The van der Waals surface area contributed by atoms with Gasteiger partial charge in [-0.1, -0.05) is 30.3 Å². The number of nitrogens with zero attached hydrogens (tertiary/aromatic N) is 2. The normalized spacial score (nSPS) is 23.6. The van der Waals surface area contributed by atoms with Gasteiger partial charge in [0.05, 0.1) is 17.4 Å². The van der Waals surface area contributed by atoms with E-state index in [1.54, 1.807) is 0 Å². The second-order valence-corrected chi connectivity index (χ2v) is 6.09. The number of imidazole rings is 1. The van der Waals surface area contributed by atoms with Crippen molar-refractivity contribution in [1.29, 1.82) is 0 Å². The van der Waals surface area contributed by atoms with Gasteiger partial charge in [-0.25, -0.2) is 4.98 Å². The molecular formula is C18H19N3O2. The van der Waals surface area contributed by atoms with E-state index in [1.165, 1.54) is 0 Å². The summed E-state index contributed by atoms with van der Waals surface area (Å²) in [5.74, 6) is 0. The molecule has 2 aromatic heterocycles. The van der Waals surface area contributed by atoms with Crippen LogP contribution >= 0.6 is 0 Å². The van der Waals surface area contributed by atoms with Crippen LogP contribution in [0.3, 0.4) is 0 Å². The topological polar surface area (TPSA) is 69.8 Å². The van der Waals surface area contributed by atoms with Gasteiger partial charge >= 0.3 is 0 Å². The van der Waals surface area contributed by atoms with Crippen LogP contribution in [0, 0.1) is 13.8 Å². The van der Waals surface area contributed by atoms with Gasteiger partial charge < -0.3 is 19.9 Å². The molecule has 0 aliphatic carbocycles. The van der Waals surface area contributed by atoms with Crippen molar-refractivity contribution in [3.8, 4) is 0 Å². The number of aryl methyl sites for hydroxylation is 2. The summed E-state index contributed by atoms with van der Waals surface area (Å²) < 4.78 is 2.01. The van der Waals surface area contributed by atoms with Crippen LogP contribution in [0.5, 0.6) is 0 Å². The first kappa shape index (κ1) is 14.2. The van der Waals surface area contributed by atoms with Crippen molar-refractivity contribution in [2.24, 2.45) is 0 Å². The Balaban J connectivity index is 1.90. The average Bonchev–Trinajstić information content (AvgIpc) is 2.86. The van der Waals surface area contributed by atoms with Crippen molar-refractivity contribution in [3.05, 3.63) is 65.1 Å². The van der Waals surface area contributed by atoms with E-state index in [1.807, 2.05) is 60.8 Å². The molecule has 5 nitrogen and oxygen atoms in total. The number of aliphatic hydroxyl groups is 2. The maximum Gasteiger partial charge on any atom is 0.161 e. The monoisotopic (exact) mass is 309 g/mol. The first-order chi connectivity index (χ1) is 11.1. The third kappa shape index (κ3) is 2.04. The molecule has 0 saturated heterocycles. The second-order valence-electron chi connectivity index (χ2n) is 6.09. The Kier molecular flexibility index (Phi) is 3.14. The molecule has 3 heterocycles. The van der Waals surface area contributed by atoms with Crippen LogP contribution in [-0.2, 0) is 0 Å². The van der Waals surface area contributed by atoms with E-state index in [4.69, 9.17) is 0 Å². The van der Waals surface area contributed by atoms with Crippen LogP contribution < -0.4 is 5.32 Å². The fraction of sp³-hybridized carbons (Fsp3) is 0.278. The summed E-state index contributed by atoms with van der Waals surface area (Å²) in [6.07, 6.45) is 0.0347. The van der Waals surface area contributed by atoms with Crippen molar-refractivity contribution >= 4 is 11.3 Å². The van der Waals surface area contributed by atoms with E-state index in [2.05, 4.69) is 10.3 Å².